The number of hydrogen-bond acceptors (Lipinski definition) is 2. The van der Waals surface area contributed by atoms with Gasteiger partial charge in [0, 0.05) is 28.5 Å². The summed E-state index contributed by atoms with van der Waals surface area (Å²) in [5.41, 5.74) is 1.45. The number of halogens is 2. The van der Waals surface area contributed by atoms with E-state index < -0.39 is 11.6 Å². The van der Waals surface area contributed by atoms with Crippen LogP contribution >= 0.6 is 23.2 Å². The molecule has 0 aliphatic rings. The van der Waals surface area contributed by atoms with Gasteiger partial charge in [-0.15, -0.1) is 0 Å². The summed E-state index contributed by atoms with van der Waals surface area (Å²) in [5, 5.41) is 6.25. The van der Waals surface area contributed by atoms with Crippen molar-refractivity contribution < 1.29 is 9.59 Å². The Kier molecular flexibility index (Phi) is 8.04. The van der Waals surface area contributed by atoms with Crippen molar-refractivity contribution in [1.29, 1.82) is 0 Å². The highest BCUT2D eigenvalue weighted by atomic mass is 35.5. The molecule has 1 atom stereocenters. The van der Waals surface area contributed by atoms with Crippen LogP contribution in [0.4, 0.5) is 0 Å². The van der Waals surface area contributed by atoms with Gasteiger partial charge in [-0.1, -0.05) is 71.7 Å². The topological polar surface area (TPSA) is 49.4 Å². The number of rotatable bonds is 7. The molecule has 174 valence electrons. The van der Waals surface area contributed by atoms with Gasteiger partial charge < -0.3 is 10.2 Å². The Bertz CT molecular complexity index is 1150. The van der Waals surface area contributed by atoms with E-state index in [-0.39, 0.29) is 24.8 Å². The molecule has 0 radical (unpaired) electrons. The fraction of sp³-hybridized carbons (Fsp3) is 0.333. The van der Waals surface area contributed by atoms with Crippen LogP contribution in [-0.2, 0) is 22.6 Å². The molecular weight excluding hydrogens is 455 g/mol. The molecule has 33 heavy (non-hydrogen) atoms. The van der Waals surface area contributed by atoms with Gasteiger partial charge in [-0.25, -0.2) is 0 Å². The van der Waals surface area contributed by atoms with Crippen molar-refractivity contribution in [3.8, 4) is 0 Å². The van der Waals surface area contributed by atoms with Gasteiger partial charge in [0.1, 0.15) is 6.04 Å². The van der Waals surface area contributed by atoms with Crippen LogP contribution in [0.25, 0.3) is 10.8 Å². The number of aryl methyl sites for hydroxylation is 1. The Morgan fingerprint density at radius 2 is 1.67 bits per heavy atom. The van der Waals surface area contributed by atoms with Crippen LogP contribution in [-0.4, -0.2) is 28.3 Å². The SMILES string of the molecule is C[C@H](C(=O)NC(C)(C)C)N(Cc1ccc(Cl)cc1Cl)C(=O)CCc1cccc2ccccc12. The molecule has 0 bridgehead atoms. The number of carbonyl (C=O) groups is 2. The van der Waals surface area contributed by atoms with E-state index in [9.17, 15) is 9.59 Å². The summed E-state index contributed by atoms with van der Waals surface area (Å²) in [7, 11) is 0. The van der Waals surface area contributed by atoms with E-state index in [4.69, 9.17) is 23.2 Å². The predicted molar refractivity (Wildman–Crippen MR) is 137 cm³/mol. The average Bonchev–Trinajstić information content (AvgIpc) is 2.75. The zero-order valence-corrected chi connectivity index (χ0v) is 21.0. The summed E-state index contributed by atoms with van der Waals surface area (Å²) < 4.78 is 0. The molecule has 0 aromatic heterocycles. The molecule has 0 spiro atoms. The highest BCUT2D eigenvalue weighted by Gasteiger charge is 2.28. The van der Waals surface area contributed by atoms with Crippen LogP contribution in [0.15, 0.2) is 60.7 Å². The maximum Gasteiger partial charge on any atom is 0.242 e. The molecule has 0 aliphatic carbocycles. The van der Waals surface area contributed by atoms with Crippen LogP contribution in [0, 0.1) is 0 Å². The van der Waals surface area contributed by atoms with Gasteiger partial charge >= 0.3 is 0 Å². The summed E-state index contributed by atoms with van der Waals surface area (Å²) in [5.74, 6) is -0.309. The molecule has 0 fully saturated rings. The fourth-order valence-corrected chi connectivity index (χ4v) is 4.25. The number of hydrogen-bond donors (Lipinski definition) is 1. The molecule has 3 aromatic rings. The van der Waals surface area contributed by atoms with E-state index in [1.165, 1.54) is 0 Å². The van der Waals surface area contributed by atoms with Gasteiger partial charge in [0.25, 0.3) is 0 Å². The predicted octanol–water partition coefficient (Wildman–Crippen LogP) is 6.41. The third-order valence-electron chi connectivity index (χ3n) is 5.51. The van der Waals surface area contributed by atoms with E-state index in [0.29, 0.717) is 16.5 Å². The first kappa shape index (κ1) is 25.1. The van der Waals surface area contributed by atoms with Gasteiger partial charge in [-0.05, 0) is 68.1 Å². The minimum atomic E-state index is -0.656. The standard InChI is InChI=1S/C27H30Cl2N2O2/c1-18(26(33)30-27(2,3)4)31(17-21-12-14-22(28)16-24(21)29)25(32)15-13-20-10-7-9-19-8-5-6-11-23(19)20/h5-12,14,16,18H,13,15,17H2,1-4H3,(H,30,33)/t18-/m1/s1. The number of amides is 2. The molecule has 3 rings (SSSR count). The van der Waals surface area contributed by atoms with E-state index in [0.717, 1.165) is 21.9 Å². The lowest BCUT2D eigenvalue weighted by atomic mass is 10.0. The molecule has 0 aliphatic heterocycles. The first-order chi connectivity index (χ1) is 15.5. The van der Waals surface area contributed by atoms with Gasteiger partial charge in [0.05, 0.1) is 0 Å². The van der Waals surface area contributed by atoms with E-state index >= 15 is 0 Å². The largest absolute Gasteiger partial charge is 0.350 e. The zero-order valence-electron chi connectivity index (χ0n) is 19.5. The minimum absolute atomic E-state index is 0.106. The lowest BCUT2D eigenvalue weighted by molar-refractivity contribution is -0.141. The zero-order chi connectivity index (χ0) is 24.2. The highest BCUT2D eigenvalue weighted by Crippen LogP contribution is 2.25. The first-order valence-corrected chi connectivity index (χ1v) is 11.8. The molecule has 2 amide bonds. The van der Waals surface area contributed by atoms with Gasteiger partial charge in [-0.2, -0.15) is 0 Å². The van der Waals surface area contributed by atoms with Crippen LogP contribution in [0.3, 0.4) is 0 Å². The van der Waals surface area contributed by atoms with Crippen LogP contribution in [0.5, 0.6) is 0 Å². The Labute approximate surface area is 205 Å². The maximum absolute atomic E-state index is 13.4. The third kappa shape index (κ3) is 6.72. The van der Waals surface area contributed by atoms with Crippen molar-refractivity contribution in [3.05, 3.63) is 81.8 Å². The smallest absolute Gasteiger partial charge is 0.242 e. The van der Waals surface area contributed by atoms with E-state index in [1.54, 1.807) is 30.0 Å². The third-order valence-corrected chi connectivity index (χ3v) is 6.10. The number of carbonyl (C=O) groups excluding carboxylic acids is 2. The second-order valence-corrected chi connectivity index (χ2v) is 10.2. The van der Waals surface area contributed by atoms with Crippen molar-refractivity contribution >= 4 is 45.8 Å². The minimum Gasteiger partial charge on any atom is -0.350 e. The molecular formula is C27H30Cl2N2O2. The molecule has 0 heterocycles. The van der Waals surface area contributed by atoms with E-state index in [2.05, 4.69) is 23.5 Å². The average molecular weight is 485 g/mol. The normalized spacial score (nSPS) is 12.4. The molecule has 1 N–H and O–H groups in total. The van der Waals surface area contributed by atoms with Crippen LogP contribution in [0.2, 0.25) is 10.0 Å². The molecule has 0 saturated carbocycles. The van der Waals surface area contributed by atoms with Gasteiger partial charge in [0.15, 0.2) is 0 Å². The lowest BCUT2D eigenvalue weighted by Crippen LogP contribution is -2.52. The summed E-state index contributed by atoms with van der Waals surface area (Å²) in [6, 6.07) is 18.8. The summed E-state index contributed by atoms with van der Waals surface area (Å²) >= 11 is 12.4. The Morgan fingerprint density at radius 3 is 2.36 bits per heavy atom. The summed E-state index contributed by atoms with van der Waals surface area (Å²) in [6.45, 7) is 7.73. The Morgan fingerprint density at radius 1 is 0.970 bits per heavy atom. The molecule has 6 heteroatoms. The number of fused-ring (bicyclic) bond motifs is 1. The molecule has 0 unspecified atom stereocenters. The second kappa shape index (κ2) is 10.6. The second-order valence-electron chi connectivity index (χ2n) is 9.31. The number of nitrogens with one attached hydrogen (secondary N) is 1. The molecule has 3 aromatic carbocycles. The lowest BCUT2D eigenvalue weighted by Gasteiger charge is -2.32. The molecule has 0 saturated heterocycles. The van der Waals surface area contributed by atoms with Crippen molar-refractivity contribution in [2.24, 2.45) is 0 Å². The highest BCUT2D eigenvalue weighted by molar-refractivity contribution is 6.35. The number of nitrogens with zero attached hydrogens (tertiary/aromatic N) is 1. The fourth-order valence-electron chi connectivity index (χ4n) is 3.79. The number of benzene rings is 3. The first-order valence-electron chi connectivity index (χ1n) is 11.1. The summed E-state index contributed by atoms with van der Waals surface area (Å²) in [4.78, 5) is 27.9. The van der Waals surface area contributed by atoms with Crippen molar-refractivity contribution in [1.82, 2.24) is 10.2 Å². The van der Waals surface area contributed by atoms with Crippen LogP contribution < -0.4 is 5.32 Å². The van der Waals surface area contributed by atoms with E-state index in [1.807, 2.05) is 45.0 Å². The maximum atomic E-state index is 13.4. The van der Waals surface area contributed by atoms with Crippen LogP contribution in [0.1, 0.15) is 45.2 Å². The Balaban J connectivity index is 1.83. The quantitative estimate of drug-likeness (QED) is 0.420. The van der Waals surface area contributed by atoms with Crippen molar-refractivity contribution in [3.63, 3.8) is 0 Å². The monoisotopic (exact) mass is 484 g/mol. The Hall–Kier alpha value is -2.56. The van der Waals surface area contributed by atoms with Gasteiger partial charge in [0.2, 0.25) is 11.8 Å². The van der Waals surface area contributed by atoms with Crippen molar-refractivity contribution in [2.75, 3.05) is 0 Å². The van der Waals surface area contributed by atoms with Gasteiger partial charge in [-0.3, -0.25) is 9.59 Å². The summed E-state index contributed by atoms with van der Waals surface area (Å²) in [6.07, 6.45) is 0.866. The molecule has 4 nitrogen and oxygen atoms in total. The van der Waals surface area contributed by atoms with Crippen molar-refractivity contribution in [2.45, 2.75) is 58.7 Å².